The molecule has 2 rings (SSSR count). The fourth-order valence-corrected chi connectivity index (χ4v) is 3.23. The molecule has 1 aromatic heterocycles. The first-order valence-electron chi connectivity index (χ1n) is 5.74. The van der Waals surface area contributed by atoms with E-state index in [-0.39, 0.29) is 0 Å². The van der Waals surface area contributed by atoms with Crippen molar-refractivity contribution in [1.82, 2.24) is 5.32 Å². The molecule has 90 valence electrons. The van der Waals surface area contributed by atoms with E-state index in [2.05, 4.69) is 77.5 Å². The summed E-state index contributed by atoms with van der Waals surface area (Å²) in [5.74, 6) is 0. The van der Waals surface area contributed by atoms with Gasteiger partial charge in [0.1, 0.15) is 0 Å². The van der Waals surface area contributed by atoms with Crippen LogP contribution < -0.4 is 5.32 Å². The van der Waals surface area contributed by atoms with E-state index >= 15 is 0 Å². The van der Waals surface area contributed by atoms with Gasteiger partial charge >= 0.3 is 0 Å². The summed E-state index contributed by atoms with van der Waals surface area (Å²) in [5.41, 5.74) is 2.72. The van der Waals surface area contributed by atoms with Crippen LogP contribution in [0.2, 0.25) is 0 Å². The quantitative estimate of drug-likeness (QED) is 0.802. The summed E-state index contributed by atoms with van der Waals surface area (Å²) in [6.07, 6.45) is 0. The highest BCUT2D eigenvalue weighted by Crippen LogP contribution is 2.27. The minimum absolute atomic E-state index is 0.319. The Morgan fingerprint density at radius 1 is 1.29 bits per heavy atom. The molecule has 1 heterocycles. The monoisotopic (exact) mass is 357 g/mol. The highest BCUT2D eigenvalue weighted by Gasteiger charge is 2.14. The van der Waals surface area contributed by atoms with E-state index in [4.69, 9.17) is 0 Å². The zero-order chi connectivity index (χ0) is 12.3. The van der Waals surface area contributed by atoms with Crippen molar-refractivity contribution in [2.24, 2.45) is 0 Å². The smallest absolute Gasteiger partial charge is 0.0585 e. The van der Waals surface area contributed by atoms with Crippen LogP contribution >= 0.6 is 33.9 Å². The van der Waals surface area contributed by atoms with Gasteiger partial charge in [-0.3, -0.25) is 0 Å². The first-order chi connectivity index (χ1) is 8.20. The number of halogens is 1. The second-order valence-corrected chi connectivity index (χ2v) is 6.40. The number of aryl methyl sites for hydroxylation is 1. The number of hydrogen-bond acceptors (Lipinski definition) is 2. The predicted molar refractivity (Wildman–Crippen MR) is 83.7 cm³/mol. The predicted octanol–water partition coefficient (Wildman–Crippen LogP) is 4.36. The van der Waals surface area contributed by atoms with Crippen molar-refractivity contribution < 1.29 is 0 Å². The normalized spacial score (nSPS) is 12.6. The van der Waals surface area contributed by atoms with E-state index in [0.717, 1.165) is 6.54 Å². The molecule has 3 heteroatoms. The second kappa shape index (κ2) is 5.98. The third-order valence-electron chi connectivity index (χ3n) is 2.67. The minimum atomic E-state index is 0.319. The Labute approximate surface area is 120 Å². The molecular formula is C14H16INS. The third kappa shape index (κ3) is 3.30. The number of rotatable bonds is 4. The van der Waals surface area contributed by atoms with E-state index in [1.807, 2.05) is 11.3 Å². The summed E-state index contributed by atoms with van der Waals surface area (Å²) in [6, 6.07) is 11.3. The topological polar surface area (TPSA) is 12.0 Å². The first kappa shape index (κ1) is 13.1. The molecule has 0 aliphatic carbocycles. The fourth-order valence-electron chi connectivity index (χ4n) is 1.93. The van der Waals surface area contributed by atoms with Gasteiger partial charge in [-0.05, 0) is 70.8 Å². The maximum absolute atomic E-state index is 3.56. The van der Waals surface area contributed by atoms with Gasteiger partial charge in [-0.25, -0.2) is 0 Å². The molecule has 0 fully saturated rings. The van der Waals surface area contributed by atoms with E-state index in [0.29, 0.717) is 6.04 Å². The molecule has 0 amide bonds. The lowest BCUT2D eigenvalue weighted by molar-refractivity contribution is 0.632. The van der Waals surface area contributed by atoms with E-state index < -0.39 is 0 Å². The van der Waals surface area contributed by atoms with Gasteiger partial charge in [-0.15, -0.1) is 11.3 Å². The molecule has 1 unspecified atom stereocenters. The summed E-state index contributed by atoms with van der Waals surface area (Å²) in [4.78, 5) is 1.37. The van der Waals surface area contributed by atoms with Crippen LogP contribution in [0.1, 0.15) is 29.0 Å². The molecule has 0 saturated heterocycles. The van der Waals surface area contributed by atoms with Crippen LogP contribution in [0, 0.1) is 10.5 Å². The number of nitrogens with one attached hydrogen (secondary N) is 1. The maximum Gasteiger partial charge on any atom is 0.0585 e. The van der Waals surface area contributed by atoms with Crippen LogP contribution in [0.5, 0.6) is 0 Å². The van der Waals surface area contributed by atoms with Crippen molar-refractivity contribution in [3.8, 4) is 0 Å². The van der Waals surface area contributed by atoms with Gasteiger partial charge in [0, 0.05) is 8.45 Å². The van der Waals surface area contributed by atoms with Crippen molar-refractivity contribution in [2.45, 2.75) is 19.9 Å². The van der Waals surface area contributed by atoms with E-state index in [9.17, 15) is 0 Å². The summed E-state index contributed by atoms with van der Waals surface area (Å²) < 4.78 is 1.29. The Kier molecular flexibility index (Phi) is 4.59. The Hall–Kier alpha value is -0.390. The summed E-state index contributed by atoms with van der Waals surface area (Å²) >= 11 is 4.18. The summed E-state index contributed by atoms with van der Waals surface area (Å²) in [5, 5.41) is 5.81. The molecule has 1 N–H and O–H groups in total. The molecule has 2 aromatic rings. The average Bonchev–Trinajstić information content (AvgIpc) is 2.72. The molecule has 17 heavy (non-hydrogen) atoms. The molecule has 0 saturated carbocycles. The van der Waals surface area contributed by atoms with E-state index in [1.165, 1.54) is 19.6 Å². The maximum atomic E-state index is 3.56. The van der Waals surface area contributed by atoms with E-state index in [1.54, 1.807) is 0 Å². The van der Waals surface area contributed by atoms with Crippen LogP contribution in [0.15, 0.2) is 35.7 Å². The zero-order valence-corrected chi connectivity index (χ0v) is 13.0. The molecule has 1 nitrogen and oxygen atoms in total. The van der Waals surface area contributed by atoms with Crippen LogP contribution in [-0.4, -0.2) is 6.54 Å². The Morgan fingerprint density at radius 3 is 2.71 bits per heavy atom. The fraction of sp³-hybridized carbons (Fsp3) is 0.286. The van der Waals surface area contributed by atoms with Crippen LogP contribution in [-0.2, 0) is 0 Å². The van der Waals surface area contributed by atoms with Gasteiger partial charge in [0.15, 0.2) is 0 Å². The van der Waals surface area contributed by atoms with Crippen LogP contribution in [0.25, 0.3) is 0 Å². The lowest BCUT2D eigenvalue weighted by atomic mass is 10.0. The second-order valence-electron chi connectivity index (χ2n) is 4.04. The Bertz CT molecular complexity index is 492. The lowest BCUT2D eigenvalue weighted by Gasteiger charge is -2.17. The zero-order valence-electron chi connectivity index (χ0n) is 10.0. The molecule has 0 radical (unpaired) electrons. The Morgan fingerprint density at radius 2 is 2.12 bits per heavy atom. The number of benzene rings is 1. The van der Waals surface area contributed by atoms with Crippen LogP contribution in [0.4, 0.5) is 0 Å². The van der Waals surface area contributed by atoms with Crippen molar-refractivity contribution in [2.75, 3.05) is 6.54 Å². The van der Waals surface area contributed by atoms with Gasteiger partial charge in [-0.1, -0.05) is 19.1 Å². The SMILES string of the molecule is CCNC(c1cccc(I)c1)c1csc(C)c1. The molecule has 1 atom stereocenters. The number of thiophene rings is 1. The van der Waals surface area contributed by atoms with Gasteiger partial charge < -0.3 is 5.32 Å². The summed E-state index contributed by atoms with van der Waals surface area (Å²) in [6.45, 7) is 5.29. The van der Waals surface area contributed by atoms with Gasteiger partial charge in [0.25, 0.3) is 0 Å². The standard InChI is InChI=1S/C14H16INS/c1-3-16-14(12-7-10(2)17-9-12)11-5-4-6-13(15)8-11/h4-9,14,16H,3H2,1-2H3. The largest absolute Gasteiger partial charge is 0.307 e. The van der Waals surface area contributed by atoms with Crippen molar-refractivity contribution >= 4 is 33.9 Å². The molecule has 1 aromatic carbocycles. The lowest BCUT2D eigenvalue weighted by Crippen LogP contribution is -2.21. The Balaban J connectivity index is 2.35. The molecule has 0 aliphatic heterocycles. The average molecular weight is 357 g/mol. The van der Waals surface area contributed by atoms with Crippen molar-refractivity contribution in [3.63, 3.8) is 0 Å². The highest BCUT2D eigenvalue weighted by atomic mass is 127. The first-order valence-corrected chi connectivity index (χ1v) is 7.70. The number of hydrogen-bond donors (Lipinski definition) is 1. The van der Waals surface area contributed by atoms with Gasteiger partial charge in [0.2, 0.25) is 0 Å². The van der Waals surface area contributed by atoms with Crippen LogP contribution in [0.3, 0.4) is 0 Å². The molecular weight excluding hydrogens is 341 g/mol. The molecule has 0 spiro atoms. The highest BCUT2D eigenvalue weighted by molar-refractivity contribution is 14.1. The van der Waals surface area contributed by atoms with Gasteiger partial charge in [0.05, 0.1) is 6.04 Å². The third-order valence-corrected chi connectivity index (χ3v) is 4.23. The molecule has 0 bridgehead atoms. The minimum Gasteiger partial charge on any atom is -0.307 e. The van der Waals surface area contributed by atoms with Crippen molar-refractivity contribution in [3.05, 3.63) is 55.3 Å². The van der Waals surface area contributed by atoms with Gasteiger partial charge in [-0.2, -0.15) is 0 Å². The summed E-state index contributed by atoms with van der Waals surface area (Å²) in [7, 11) is 0. The molecule has 0 aliphatic rings. The van der Waals surface area contributed by atoms with Crippen molar-refractivity contribution in [1.29, 1.82) is 0 Å².